The van der Waals surface area contributed by atoms with Crippen LogP contribution >= 0.6 is 0 Å². The molecule has 0 atom stereocenters. The topological polar surface area (TPSA) is 9.23 Å². The maximum Gasteiger partial charge on any atom is 0.135 e. The molecule has 0 amide bonds. The number of rotatable bonds is 2. The van der Waals surface area contributed by atoms with Gasteiger partial charge >= 0.3 is 0 Å². The van der Waals surface area contributed by atoms with Gasteiger partial charge in [-0.05, 0) is 117 Å². The van der Waals surface area contributed by atoms with Crippen LogP contribution in [0.25, 0.3) is 98.0 Å². The Balaban J connectivity index is 1.44. The third kappa shape index (κ3) is 3.43. The predicted octanol–water partition coefficient (Wildman–Crippen LogP) is 13.2. The molecule has 0 radical (unpaired) electrons. The van der Waals surface area contributed by atoms with Gasteiger partial charge in [0.2, 0.25) is 0 Å². The number of benzene rings is 10. The molecule has 47 heavy (non-hydrogen) atoms. The Labute approximate surface area is 307 Å². The van der Waals surface area contributed by atoms with Crippen molar-refractivity contribution in [3.63, 3.8) is 0 Å². The molecule has 10 aromatic rings. The van der Waals surface area contributed by atoms with Crippen LogP contribution in [0.2, 0.25) is 0 Å². The zero-order valence-electron chi connectivity index (χ0n) is 49.4. The van der Waals surface area contributed by atoms with Crippen LogP contribution in [-0.2, 0) is 0 Å². The van der Waals surface area contributed by atoms with Gasteiger partial charge in [-0.25, -0.2) is 0 Å². The molecular weight excluding hydrogens is 569 g/mol. The highest BCUT2D eigenvalue weighted by atomic mass is 16.5. The second-order valence-electron chi connectivity index (χ2n) is 10.8. The van der Waals surface area contributed by atoms with Crippen LogP contribution in [0.15, 0.2) is 157 Å². The normalized spacial score (nSPS) is 20.2. The molecular formula is C46H26O. The van der Waals surface area contributed by atoms with E-state index in [2.05, 4.69) is 0 Å². The monoisotopic (exact) mass is 620 g/mol. The summed E-state index contributed by atoms with van der Waals surface area (Å²) in [7, 11) is 0. The quantitative estimate of drug-likeness (QED) is 0.175. The summed E-state index contributed by atoms with van der Waals surface area (Å²) in [6.07, 6.45) is 0. The SMILES string of the molecule is [2H]c1c([2H])c([2H])c2c(-c3c([2H])c4c([2H])c([2H])c([2H])c5c([2H])c([2H])c6c([2H])c([2H])c([2H])c3c6c54)c([2H])c(-c3c([2H])c([2H])c4c5c(c([2H])c([2H])c([2H])c35)-c3c(c([2H])c([2H])c5c([2H])c([2H])c([2H])c([2H])c35)O4)c([2H])c2c1[2H]. The van der Waals surface area contributed by atoms with Gasteiger partial charge in [-0.2, -0.15) is 0 Å². The molecule has 1 nitrogen and oxygen atoms in total. The molecule has 0 spiro atoms. The van der Waals surface area contributed by atoms with Gasteiger partial charge in [-0.15, -0.1) is 0 Å². The minimum Gasteiger partial charge on any atom is -0.456 e. The molecule has 10 aromatic carbocycles. The van der Waals surface area contributed by atoms with Crippen molar-refractivity contribution in [3.8, 4) is 44.9 Å². The summed E-state index contributed by atoms with van der Waals surface area (Å²) in [5, 5.41) is -5.95. The number of fused-ring (bicyclic) bond motifs is 5. The molecule has 1 aliphatic heterocycles. The molecule has 0 saturated carbocycles. The second-order valence-corrected chi connectivity index (χ2v) is 10.8. The van der Waals surface area contributed by atoms with E-state index in [1.54, 1.807) is 0 Å². The van der Waals surface area contributed by atoms with Crippen molar-refractivity contribution >= 4 is 64.6 Å². The van der Waals surface area contributed by atoms with E-state index in [-0.39, 0.29) is 10.8 Å². The summed E-state index contributed by atoms with van der Waals surface area (Å²) in [6.45, 7) is 0. The van der Waals surface area contributed by atoms with Crippen LogP contribution < -0.4 is 4.74 Å². The van der Waals surface area contributed by atoms with Crippen molar-refractivity contribution in [3.05, 3.63) is 157 Å². The van der Waals surface area contributed by atoms with E-state index < -0.39 is 256 Å². The fraction of sp³-hybridized carbons (Fsp3) is 0. The lowest BCUT2D eigenvalue weighted by Gasteiger charge is -2.24. The molecule has 0 fully saturated rings. The highest BCUT2D eigenvalue weighted by Crippen LogP contribution is 2.51. The summed E-state index contributed by atoms with van der Waals surface area (Å²) in [4.78, 5) is 0. The number of hydrogen-bond acceptors (Lipinski definition) is 1. The lowest BCUT2D eigenvalue weighted by Crippen LogP contribution is -1.99. The summed E-state index contributed by atoms with van der Waals surface area (Å²) in [5.74, 6) is -1.24. The molecule has 216 valence electrons. The van der Waals surface area contributed by atoms with E-state index in [4.69, 9.17) is 26.7 Å². The molecule has 0 saturated heterocycles. The van der Waals surface area contributed by atoms with Gasteiger partial charge in [0.05, 0.1) is 35.6 Å². The van der Waals surface area contributed by atoms with E-state index in [1.165, 1.54) is 0 Å². The van der Waals surface area contributed by atoms with Crippen LogP contribution in [0.5, 0.6) is 11.5 Å². The number of ether oxygens (including phenoxy) is 1. The zero-order valence-corrected chi connectivity index (χ0v) is 23.4. The van der Waals surface area contributed by atoms with Gasteiger partial charge in [-0.3, -0.25) is 0 Å². The van der Waals surface area contributed by atoms with Gasteiger partial charge in [-0.1, -0.05) is 127 Å². The minimum absolute atomic E-state index is 0.294. The Bertz CT molecular complexity index is 4410. The summed E-state index contributed by atoms with van der Waals surface area (Å²) in [5.41, 5.74) is -3.85. The van der Waals surface area contributed by atoms with Gasteiger partial charge in [0.1, 0.15) is 11.5 Å². The molecule has 1 heterocycles. The van der Waals surface area contributed by atoms with Crippen LogP contribution in [-0.4, -0.2) is 0 Å². The molecule has 0 unspecified atom stereocenters. The molecule has 0 aromatic heterocycles. The Morgan fingerprint density at radius 1 is 0.340 bits per heavy atom. The third-order valence-corrected chi connectivity index (χ3v) is 8.32. The highest BCUT2D eigenvalue weighted by molar-refractivity contribution is 6.27. The molecule has 0 bridgehead atoms. The van der Waals surface area contributed by atoms with Gasteiger partial charge in [0.25, 0.3) is 0 Å². The Hall–Kier alpha value is -6.18. The molecule has 1 heteroatoms. The largest absolute Gasteiger partial charge is 0.456 e. The average molecular weight is 621 g/mol. The molecule has 11 rings (SSSR count). The first-order valence-corrected chi connectivity index (χ1v) is 14.2. The molecule has 0 aliphatic carbocycles. The van der Waals surface area contributed by atoms with Crippen molar-refractivity contribution in [2.75, 3.05) is 0 Å². The zero-order chi connectivity index (χ0) is 53.3. The lowest BCUT2D eigenvalue weighted by molar-refractivity contribution is 0.488. The summed E-state index contributed by atoms with van der Waals surface area (Å²) >= 11 is 0. The van der Waals surface area contributed by atoms with Gasteiger partial charge in [0.15, 0.2) is 0 Å². The number of hydrogen-bond donors (Lipinski definition) is 0. The van der Waals surface area contributed by atoms with Crippen molar-refractivity contribution < 1.29 is 40.4 Å². The smallest absolute Gasteiger partial charge is 0.135 e. The van der Waals surface area contributed by atoms with E-state index >= 15 is 0 Å². The van der Waals surface area contributed by atoms with Crippen molar-refractivity contribution in [2.45, 2.75) is 0 Å². The first-order chi connectivity index (χ1) is 34.2. The van der Waals surface area contributed by atoms with Crippen LogP contribution in [0.3, 0.4) is 0 Å². The lowest BCUT2D eigenvalue weighted by atomic mass is 9.85. The van der Waals surface area contributed by atoms with E-state index in [9.17, 15) is 13.7 Å². The second kappa shape index (κ2) is 9.19. The summed E-state index contributed by atoms with van der Waals surface area (Å²) < 4.78 is 243. The maximum absolute atomic E-state index is 10.2. The molecule has 0 N–H and O–H groups in total. The third-order valence-electron chi connectivity index (χ3n) is 8.32. The predicted molar refractivity (Wildman–Crippen MR) is 199 cm³/mol. The van der Waals surface area contributed by atoms with Gasteiger partial charge < -0.3 is 4.74 Å². The van der Waals surface area contributed by atoms with Crippen LogP contribution in [0, 0.1) is 0 Å². The maximum atomic E-state index is 10.2. The Kier molecular flexibility index (Phi) is 2.14. The fourth-order valence-corrected chi connectivity index (χ4v) is 6.35. The van der Waals surface area contributed by atoms with Crippen LogP contribution in [0.4, 0.5) is 0 Å². The minimum atomic E-state index is -1.01. The fourth-order valence-electron chi connectivity index (χ4n) is 6.35. The van der Waals surface area contributed by atoms with Crippen molar-refractivity contribution in [2.24, 2.45) is 0 Å². The van der Waals surface area contributed by atoms with Crippen molar-refractivity contribution in [1.29, 1.82) is 0 Å². The van der Waals surface area contributed by atoms with E-state index in [0.717, 1.165) is 0 Å². The Morgan fingerprint density at radius 2 is 0.957 bits per heavy atom. The Morgan fingerprint density at radius 3 is 1.85 bits per heavy atom. The first-order valence-electron chi connectivity index (χ1n) is 27.2. The average Bonchev–Trinajstić information content (AvgIpc) is 3.35. The van der Waals surface area contributed by atoms with E-state index in [0.29, 0.717) is 0 Å². The van der Waals surface area contributed by atoms with Crippen molar-refractivity contribution in [1.82, 2.24) is 0 Å². The molecule has 1 aliphatic rings. The van der Waals surface area contributed by atoms with Gasteiger partial charge in [0, 0.05) is 10.9 Å². The summed E-state index contributed by atoms with van der Waals surface area (Å²) in [6, 6.07) is -21.9. The standard InChI is InChI=1S/C46H26O/c1-4-14-35-27(8-1)20-22-41-45(35)38-17-7-16-36-34(21-23-42(47-41)46(36)38)32-24-30-9-2-3-13-33(30)39(26-32)40-25-31-12-5-10-28-18-19-29-11-6-15-37(40)44(29)43(28)31/h1-26H/i1D,2D,3D,4D,5D,6D,7D,8D,9D,10D,11D,12D,13D,14D,15D,16D,17D,18D,19D,20D,21D,22D,23D,24D,25D,26D. The van der Waals surface area contributed by atoms with E-state index in [1.807, 2.05) is 0 Å². The highest BCUT2D eigenvalue weighted by Gasteiger charge is 2.24. The van der Waals surface area contributed by atoms with Crippen LogP contribution in [0.1, 0.15) is 35.6 Å². The first kappa shape index (κ1) is 11.0.